The van der Waals surface area contributed by atoms with Crippen LogP contribution in [0.4, 0.5) is 5.69 Å². The van der Waals surface area contributed by atoms with Gasteiger partial charge < -0.3 is 10.2 Å². The summed E-state index contributed by atoms with van der Waals surface area (Å²) in [5.41, 5.74) is 3.87. The second kappa shape index (κ2) is 6.58. The van der Waals surface area contributed by atoms with E-state index in [2.05, 4.69) is 92.8 Å². The highest BCUT2D eigenvalue weighted by molar-refractivity contribution is 5.46. The zero-order valence-corrected chi connectivity index (χ0v) is 12.8. The van der Waals surface area contributed by atoms with Crippen LogP contribution in [0.1, 0.15) is 37.1 Å². The summed E-state index contributed by atoms with van der Waals surface area (Å²) >= 11 is 0. The molecule has 2 nitrogen and oxygen atoms in total. The molecule has 2 aromatic rings. The number of hydrogen-bond donors (Lipinski definition) is 1. The summed E-state index contributed by atoms with van der Waals surface area (Å²) in [5, 5.41) is 3.65. The average Bonchev–Trinajstić information content (AvgIpc) is 2.48. The summed E-state index contributed by atoms with van der Waals surface area (Å²) in [4.78, 5) is 2.12. The first kappa shape index (κ1) is 14.6. The predicted molar refractivity (Wildman–Crippen MR) is 87.2 cm³/mol. The summed E-state index contributed by atoms with van der Waals surface area (Å²) in [6.45, 7) is 4.42. The van der Waals surface area contributed by atoms with E-state index in [9.17, 15) is 0 Å². The van der Waals surface area contributed by atoms with Crippen LogP contribution in [0, 0.1) is 0 Å². The Morgan fingerprint density at radius 2 is 1.25 bits per heavy atom. The lowest BCUT2D eigenvalue weighted by atomic mass is 10.0. The Balaban J connectivity index is 2.02. The first-order valence-electron chi connectivity index (χ1n) is 7.16. The zero-order chi connectivity index (χ0) is 14.5. The molecule has 0 amide bonds. The lowest BCUT2D eigenvalue weighted by Gasteiger charge is -2.21. The predicted octanol–water partition coefficient (Wildman–Crippen LogP) is 4.16. The molecule has 20 heavy (non-hydrogen) atoms. The zero-order valence-electron chi connectivity index (χ0n) is 12.8. The molecule has 0 bridgehead atoms. The van der Waals surface area contributed by atoms with Crippen molar-refractivity contribution in [3.63, 3.8) is 0 Å². The van der Waals surface area contributed by atoms with Gasteiger partial charge in [-0.2, -0.15) is 0 Å². The monoisotopic (exact) mass is 268 g/mol. The fourth-order valence-electron chi connectivity index (χ4n) is 2.37. The maximum atomic E-state index is 3.65. The molecule has 0 aliphatic carbocycles. The molecule has 2 heteroatoms. The molecule has 0 aromatic heterocycles. The van der Waals surface area contributed by atoms with E-state index in [1.165, 1.54) is 16.8 Å². The van der Waals surface area contributed by atoms with E-state index in [0.717, 1.165) is 0 Å². The van der Waals surface area contributed by atoms with Crippen LogP contribution in [-0.2, 0) is 0 Å². The Bertz CT molecular complexity index is 517. The van der Waals surface area contributed by atoms with Crippen molar-refractivity contribution in [1.82, 2.24) is 5.32 Å². The van der Waals surface area contributed by atoms with Gasteiger partial charge in [0.15, 0.2) is 0 Å². The largest absolute Gasteiger partial charge is 0.378 e. The lowest BCUT2D eigenvalue weighted by Crippen LogP contribution is -2.22. The maximum absolute atomic E-state index is 3.65. The summed E-state index contributed by atoms with van der Waals surface area (Å²) < 4.78 is 0. The number of benzene rings is 2. The second-order valence-electron chi connectivity index (χ2n) is 5.51. The van der Waals surface area contributed by atoms with Crippen molar-refractivity contribution in [1.29, 1.82) is 0 Å². The summed E-state index contributed by atoms with van der Waals surface area (Å²) in [6, 6.07) is 20.0. The van der Waals surface area contributed by atoms with Gasteiger partial charge >= 0.3 is 0 Å². The quantitative estimate of drug-likeness (QED) is 0.875. The van der Waals surface area contributed by atoms with E-state index in [0.29, 0.717) is 12.1 Å². The van der Waals surface area contributed by atoms with Crippen LogP contribution in [0.5, 0.6) is 0 Å². The third kappa shape index (κ3) is 3.61. The molecule has 1 N–H and O–H groups in total. The molecule has 0 heterocycles. The van der Waals surface area contributed by atoms with E-state index < -0.39 is 0 Å². The molecule has 2 atom stereocenters. The molecule has 0 aliphatic rings. The van der Waals surface area contributed by atoms with Crippen molar-refractivity contribution < 1.29 is 0 Å². The fourth-order valence-corrected chi connectivity index (χ4v) is 2.37. The fraction of sp³-hybridized carbons (Fsp3) is 0.333. The Morgan fingerprint density at radius 1 is 0.750 bits per heavy atom. The Kier molecular flexibility index (Phi) is 4.80. The molecule has 0 saturated heterocycles. The molecule has 0 radical (unpaired) electrons. The van der Waals surface area contributed by atoms with Crippen LogP contribution in [0.25, 0.3) is 0 Å². The van der Waals surface area contributed by atoms with Gasteiger partial charge in [-0.1, -0.05) is 42.5 Å². The summed E-state index contributed by atoms with van der Waals surface area (Å²) in [5.74, 6) is 0. The van der Waals surface area contributed by atoms with E-state index >= 15 is 0 Å². The smallest absolute Gasteiger partial charge is 0.0361 e. The maximum Gasteiger partial charge on any atom is 0.0361 e. The Morgan fingerprint density at radius 3 is 1.75 bits per heavy atom. The van der Waals surface area contributed by atoms with Crippen LogP contribution in [-0.4, -0.2) is 14.1 Å². The van der Waals surface area contributed by atoms with Gasteiger partial charge in [0.2, 0.25) is 0 Å². The van der Waals surface area contributed by atoms with Crippen molar-refractivity contribution >= 4 is 5.69 Å². The third-order valence-corrected chi connectivity index (χ3v) is 3.71. The first-order chi connectivity index (χ1) is 9.58. The number of rotatable bonds is 5. The highest BCUT2D eigenvalue weighted by Crippen LogP contribution is 2.21. The first-order valence-corrected chi connectivity index (χ1v) is 7.16. The van der Waals surface area contributed by atoms with E-state index in [-0.39, 0.29) is 0 Å². The van der Waals surface area contributed by atoms with Crippen molar-refractivity contribution in [2.45, 2.75) is 25.9 Å². The van der Waals surface area contributed by atoms with Crippen LogP contribution in [0.3, 0.4) is 0 Å². The number of nitrogens with one attached hydrogen (secondary N) is 1. The van der Waals surface area contributed by atoms with Gasteiger partial charge in [0.05, 0.1) is 0 Å². The highest BCUT2D eigenvalue weighted by Gasteiger charge is 2.10. The van der Waals surface area contributed by atoms with Crippen molar-refractivity contribution in [2.75, 3.05) is 19.0 Å². The van der Waals surface area contributed by atoms with Crippen molar-refractivity contribution in [2.24, 2.45) is 0 Å². The normalized spacial score (nSPS) is 13.8. The van der Waals surface area contributed by atoms with Gasteiger partial charge in [-0.15, -0.1) is 0 Å². The minimum Gasteiger partial charge on any atom is -0.378 e. The van der Waals surface area contributed by atoms with Gasteiger partial charge in [0.1, 0.15) is 0 Å². The van der Waals surface area contributed by atoms with Gasteiger partial charge in [-0.25, -0.2) is 0 Å². The number of nitrogens with zero attached hydrogens (tertiary/aromatic N) is 1. The minimum atomic E-state index is 0.335. The highest BCUT2D eigenvalue weighted by atomic mass is 15.1. The molecule has 0 aliphatic heterocycles. The van der Waals surface area contributed by atoms with Gasteiger partial charge in [0.25, 0.3) is 0 Å². The van der Waals surface area contributed by atoms with Gasteiger partial charge in [-0.05, 0) is 37.1 Å². The Hall–Kier alpha value is -1.80. The van der Waals surface area contributed by atoms with Crippen LogP contribution in [0.15, 0.2) is 54.6 Å². The molecule has 2 rings (SSSR count). The van der Waals surface area contributed by atoms with E-state index in [1.807, 2.05) is 0 Å². The average molecular weight is 268 g/mol. The SMILES string of the molecule is CC(NC(C)c1ccc(N(C)C)cc1)c1ccccc1. The lowest BCUT2D eigenvalue weighted by molar-refractivity contribution is 0.495. The topological polar surface area (TPSA) is 15.3 Å². The summed E-state index contributed by atoms with van der Waals surface area (Å²) in [6.07, 6.45) is 0. The second-order valence-corrected chi connectivity index (χ2v) is 5.51. The van der Waals surface area contributed by atoms with E-state index in [4.69, 9.17) is 0 Å². The molecule has 0 saturated carbocycles. The van der Waals surface area contributed by atoms with Crippen molar-refractivity contribution in [3.05, 3.63) is 65.7 Å². The van der Waals surface area contributed by atoms with Gasteiger partial charge in [-0.3, -0.25) is 0 Å². The summed E-state index contributed by atoms with van der Waals surface area (Å²) in [7, 11) is 4.13. The minimum absolute atomic E-state index is 0.335. The standard InChI is InChI=1S/C18H24N2/c1-14(16-8-6-5-7-9-16)19-15(2)17-10-12-18(13-11-17)20(3)4/h5-15,19H,1-4H3. The molecule has 0 spiro atoms. The molecule has 2 unspecified atom stereocenters. The molecular formula is C18H24N2. The molecular weight excluding hydrogens is 244 g/mol. The molecule has 106 valence electrons. The molecule has 2 aromatic carbocycles. The number of hydrogen-bond acceptors (Lipinski definition) is 2. The van der Waals surface area contributed by atoms with Crippen LogP contribution >= 0.6 is 0 Å². The molecule has 0 fully saturated rings. The number of anilines is 1. The third-order valence-electron chi connectivity index (χ3n) is 3.71. The van der Waals surface area contributed by atoms with Crippen LogP contribution in [0.2, 0.25) is 0 Å². The van der Waals surface area contributed by atoms with Crippen molar-refractivity contribution in [3.8, 4) is 0 Å². The Labute approximate surface area is 122 Å². The van der Waals surface area contributed by atoms with E-state index in [1.54, 1.807) is 0 Å². The van der Waals surface area contributed by atoms with Gasteiger partial charge in [0, 0.05) is 31.9 Å². The van der Waals surface area contributed by atoms with Crippen LogP contribution < -0.4 is 10.2 Å².